The quantitative estimate of drug-likeness (QED) is 0.684. The van der Waals surface area contributed by atoms with Crippen LogP contribution in [0.15, 0.2) is 36.5 Å². The molecule has 0 saturated carbocycles. The molecule has 0 bridgehead atoms. The number of nitriles is 1. The SMILES string of the molecule is [2H]C1([2H])C[C@H](O)C([2H])([2H])N1c1ccn(-c2cc(-c3c(F)cccc3C#N)nc3c2C(=O)NC3)n1. The van der Waals surface area contributed by atoms with Crippen LogP contribution in [0.25, 0.3) is 16.9 Å². The number of aliphatic hydroxyl groups excluding tert-OH is 1. The van der Waals surface area contributed by atoms with Gasteiger partial charge in [0.2, 0.25) is 0 Å². The third-order valence-corrected chi connectivity index (χ3v) is 4.88. The highest BCUT2D eigenvalue weighted by Gasteiger charge is 2.29. The van der Waals surface area contributed by atoms with Gasteiger partial charge >= 0.3 is 0 Å². The molecular weight excluding hydrogens is 387 g/mol. The van der Waals surface area contributed by atoms with E-state index in [1.54, 1.807) is 0 Å². The zero-order valence-electron chi connectivity index (χ0n) is 19.4. The summed E-state index contributed by atoms with van der Waals surface area (Å²) in [5.74, 6) is -1.19. The molecule has 2 N–H and O–H groups in total. The summed E-state index contributed by atoms with van der Waals surface area (Å²) in [6.07, 6.45) is -0.612. The van der Waals surface area contributed by atoms with E-state index in [-0.39, 0.29) is 40.4 Å². The van der Waals surface area contributed by atoms with Gasteiger partial charge in [-0.1, -0.05) is 6.07 Å². The molecular formula is C21H17FN6O2. The van der Waals surface area contributed by atoms with Crippen molar-refractivity contribution in [1.82, 2.24) is 20.1 Å². The van der Waals surface area contributed by atoms with Gasteiger partial charge in [-0.2, -0.15) is 10.4 Å². The maximum Gasteiger partial charge on any atom is 0.255 e. The fourth-order valence-electron chi connectivity index (χ4n) is 3.53. The second-order valence-electron chi connectivity index (χ2n) is 6.77. The van der Waals surface area contributed by atoms with Gasteiger partial charge in [0.05, 0.1) is 55.2 Å². The minimum Gasteiger partial charge on any atom is -0.391 e. The molecule has 2 aromatic heterocycles. The number of pyridine rings is 1. The number of nitrogens with one attached hydrogen (secondary N) is 1. The molecule has 0 radical (unpaired) electrons. The molecule has 1 saturated heterocycles. The van der Waals surface area contributed by atoms with Gasteiger partial charge in [0.25, 0.3) is 5.91 Å². The smallest absolute Gasteiger partial charge is 0.255 e. The van der Waals surface area contributed by atoms with Crippen LogP contribution in [0.5, 0.6) is 0 Å². The number of β-amino-alcohol motifs (C(OH)–C–C–N with tert-alkyl or cyclic N) is 1. The van der Waals surface area contributed by atoms with E-state index < -0.39 is 37.2 Å². The summed E-state index contributed by atoms with van der Waals surface area (Å²) < 4.78 is 48.5. The number of benzene rings is 1. The van der Waals surface area contributed by atoms with E-state index in [9.17, 15) is 19.6 Å². The molecule has 4 heterocycles. The largest absolute Gasteiger partial charge is 0.391 e. The van der Waals surface area contributed by atoms with Gasteiger partial charge in [-0.05, 0) is 24.6 Å². The van der Waals surface area contributed by atoms with Crippen LogP contribution in [0, 0.1) is 17.1 Å². The Kier molecular flexibility index (Phi) is 3.29. The van der Waals surface area contributed by atoms with Crippen molar-refractivity contribution in [3.63, 3.8) is 0 Å². The van der Waals surface area contributed by atoms with E-state index in [0.717, 1.165) is 4.90 Å². The molecule has 2 aliphatic rings. The van der Waals surface area contributed by atoms with Crippen LogP contribution in [0.2, 0.25) is 0 Å². The van der Waals surface area contributed by atoms with E-state index in [1.807, 2.05) is 6.07 Å². The molecule has 8 nitrogen and oxygen atoms in total. The number of fused-ring (bicyclic) bond motifs is 1. The Bertz CT molecular complexity index is 1390. The highest BCUT2D eigenvalue weighted by atomic mass is 19.1. The average Bonchev–Trinajstić information content (AvgIpc) is 3.42. The molecule has 0 aliphatic carbocycles. The van der Waals surface area contributed by atoms with Crippen molar-refractivity contribution >= 4 is 11.7 Å². The number of amides is 1. The van der Waals surface area contributed by atoms with Gasteiger partial charge in [0, 0.05) is 28.0 Å². The summed E-state index contributed by atoms with van der Waals surface area (Å²) in [4.78, 5) is 17.7. The molecule has 5 rings (SSSR count). The van der Waals surface area contributed by atoms with Crippen LogP contribution in [-0.4, -0.2) is 44.9 Å². The van der Waals surface area contributed by atoms with Crippen molar-refractivity contribution in [3.8, 4) is 23.0 Å². The van der Waals surface area contributed by atoms with Crippen LogP contribution >= 0.6 is 0 Å². The molecule has 3 aromatic rings. The fraction of sp³-hybridized carbons (Fsp3) is 0.238. The first-order valence-electron chi connectivity index (χ1n) is 11.1. The molecule has 1 amide bonds. The molecule has 2 aliphatic heterocycles. The minimum atomic E-state index is -2.42. The van der Waals surface area contributed by atoms with Crippen LogP contribution in [-0.2, 0) is 6.54 Å². The second kappa shape index (κ2) is 6.93. The van der Waals surface area contributed by atoms with Crippen LogP contribution in [0.1, 0.15) is 33.5 Å². The molecule has 0 unspecified atom stereocenters. The van der Waals surface area contributed by atoms with E-state index in [2.05, 4.69) is 15.4 Å². The lowest BCUT2D eigenvalue weighted by molar-refractivity contribution is 0.0965. The number of aliphatic hydroxyl groups is 1. The number of aromatic nitrogens is 3. The van der Waals surface area contributed by atoms with E-state index in [4.69, 9.17) is 5.48 Å². The van der Waals surface area contributed by atoms with E-state index in [0.29, 0.717) is 5.69 Å². The van der Waals surface area contributed by atoms with Crippen LogP contribution < -0.4 is 10.2 Å². The standard InChI is InChI=1S/C21H17FN6O2/c22-14-3-1-2-12(9-23)19(14)15-8-17(20-16(25-15)10-24-21(20)30)28-7-5-18(26-28)27-6-4-13(29)11-27/h1-3,5,7-8,13,29H,4,6,10-11H2,(H,24,30)/t13-/m0/s1/i6D2,11D2. The third kappa shape index (κ3) is 2.89. The highest BCUT2D eigenvalue weighted by molar-refractivity contribution is 6.01. The molecule has 1 fully saturated rings. The molecule has 9 heteroatoms. The predicted octanol–water partition coefficient (Wildman–Crippen LogP) is 1.76. The Balaban J connectivity index is 1.68. The highest BCUT2D eigenvalue weighted by Crippen LogP contribution is 2.31. The van der Waals surface area contributed by atoms with Crippen molar-refractivity contribution in [2.75, 3.05) is 17.9 Å². The number of hydrogen-bond acceptors (Lipinski definition) is 6. The van der Waals surface area contributed by atoms with Crippen molar-refractivity contribution in [1.29, 1.82) is 5.26 Å². The number of anilines is 1. The summed E-state index contributed by atoms with van der Waals surface area (Å²) in [6.45, 7) is -4.54. The third-order valence-electron chi connectivity index (χ3n) is 4.88. The number of halogens is 1. The number of carbonyl (C=O) groups is 1. The van der Waals surface area contributed by atoms with Crippen molar-refractivity contribution in [2.45, 2.75) is 19.1 Å². The lowest BCUT2D eigenvalue weighted by Gasteiger charge is -2.14. The lowest BCUT2D eigenvalue weighted by Crippen LogP contribution is -2.21. The summed E-state index contributed by atoms with van der Waals surface area (Å²) in [7, 11) is 0. The first-order valence-corrected chi connectivity index (χ1v) is 9.10. The number of nitrogens with zero attached hydrogens (tertiary/aromatic N) is 5. The van der Waals surface area contributed by atoms with Gasteiger partial charge in [0.15, 0.2) is 5.82 Å². The zero-order valence-corrected chi connectivity index (χ0v) is 15.4. The molecule has 150 valence electrons. The first-order chi connectivity index (χ1) is 16.0. The summed E-state index contributed by atoms with van der Waals surface area (Å²) in [5, 5.41) is 26.4. The van der Waals surface area contributed by atoms with Crippen molar-refractivity contribution in [3.05, 3.63) is 59.2 Å². The van der Waals surface area contributed by atoms with Gasteiger partial charge in [-0.15, -0.1) is 0 Å². The Hall–Kier alpha value is -3.77. The average molecular weight is 408 g/mol. The van der Waals surface area contributed by atoms with Gasteiger partial charge in [0.1, 0.15) is 5.82 Å². The monoisotopic (exact) mass is 408 g/mol. The van der Waals surface area contributed by atoms with Crippen molar-refractivity contribution in [2.24, 2.45) is 0 Å². The first kappa shape index (κ1) is 14.3. The maximum absolute atomic E-state index is 14.7. The van der Waals surface area contributed by atoms with E-state index >= 15 is 0 Å². The lowest BCUT2D eigenvalue weighted by atomic mass is 10.0. The Morgan fingerprint density at radius 2 is 2.23 bits per heavy atom. The number of rotatable bonds is 3. The normalized spacial score (nSPS) is 23.0. The summed E-state index contributed by atoms with van der Waals surface area (Å²) in [5.41, 5.74) is 0.846. The molecule has 0 spiro atoms. The Labute approximate surface area is 176 Å². The summed E-state index contributed by atoms with van der Waals surface area (Å²) >= 11 is 0. The topological polar surface area (TPSA) is 107 Å². The number of hydrogen-bond donors (Lipinski definition) is 2. The molecule has 30 heavy (non-hydrogen) atoms. The predicted molar refractivity (Wildman–Crippen MR) is 105 cm³/mol. The summed E-state index contributed by atoms with van der Waals surface area (Å²) in [6, 6.07) is 8.75. The van der Waals surface area contributed by atoms with Gasteiger partial charge in [-0.25, -0.2) is 14.1 Å². The minimum absolute atomic E-state index is 0.0314. The van der Waals surface area contributed by atoms with Crippen molar-refractivity contribution < 1.29 is 19.8 Å². The number of carbonyl (C=O) groups excluding carboxylic acids is 1. The maximum atomic E-state index is 14.7. The van der Waals surface area contributed by atoms with Crippen LogP contribution in [0.4, 0.5) is 10.2 Å². The second-order valence-corrected chi connectivity index (χ2v) is 6.77. The van der Waals surface area contributed by atoms with Gasteiger partial charge in [-0.3, -0.25) is 4.79 Å². The Morgan fingerprint density at radius 1 is 1.37 bits per heavy atom. The van der Waals surface area contributed by atoms with E-state index in [1.165, 1.54) is 41.2 Å². The van der Waals surface area contributed by atoms with Crippen LogP contribution in [0.3, 0.4) is 0 Å². The Morgan fingerprint density at radius 3 is 3.00 bits per heavy atom. The fourth-order valence-corrected chi connectivity index (χ4v) is 3.53. The molecule has 1 aromatic carbocycles. The molecule has 1 atom stereocenters. The zero-order chi connectivity index (χ0) is 24.4. The van der Waals surface area contributed by atoms with Gasteiger partial charge < -0.3 is 15.3 Å².